The van der Waals surface area contributed by atoms with E-state index < -0.39 is 16.1 Å². The quantitative estimate of drug-likeness (QED) is 0.818. The van der Waals surface area contributed by atoms with Gasteiger partial charge in [-0.2, -0.15) is 4.31 Å². The minimum absolute atomic E-state index is 0.0340. The Morgan fingerprint density at radius 2 is 2.10 bits per heavy atom. The van der Waals surface area contributed by atoms with Gasteiger partial charge in [0, 0.05) is 18.7 Å². The highest BCUT2D eigenvalue weighted by atomic mass is 32.2. The molecule has 1 aromatic carbocycles. The first-order chi connectivity index (χ1) is 9.34. The smallest absolute Gasteiger partial charge is 0.243 e. The van der Waals surface area contributed by atoms with Gasteiger partial charge in [-0.3, -0.25) is 9.59 Å². The molecule has 7 heteroatoms. The number of amides is 1. The molecule has 1 aromatic rings. The summed E-state index contributed by atoms with van der Waals surface area (Å²) >= 11 is 0. The maximum Gasteiger partial charge on any atom is 0.243 e. The van der Waals surface area contributed by atoms with Crippen LogP contribution in [-0.2, 0) is 14.8 Å². The molecule has 0 aliphatic carbocycles. The molecule has 1 saturated heterocycles. The third-order valence-corrected chi connectivity index (χ3v) is 5.26. The zero-order valence-corrected chi connectivity index (χ0v) is 12.1. The molecular weight excluding hydrogens is 280 g/mol. The fourth-order valence-corrected chi connectivity index (χ4v) is 3.74. The summed E-state index contributed by atoms with van der Waals surface area (Å²) in [7, 11) is -3.78. The minimum atomic E-state index is -3.78. The van der Waals surface area contributed by atoms with E-state index in [0.29, 0.717) is 5.56 Å². The van der Waals surface area contributed by atoms with E-state index in [1.807, 2.05) is 0 Å². The lowest BCUT2D eigenvalue weighted by Crippen LogP contribution is -2.55. The molecule has 6 nitrogen and oxygen atoms in total. The van der Waals surface area contributed by atoms with Crippen molar-refractivity contribution in [1.29, 1.82) is 0 Å². The van der Waals surface area contributed by atoms with E-state index in [0.717, 1.165) is 4.31 Å². The monoisotopic (exact) mass is 296 g/mol. The molecule has 1 atom stereocenters. The van der Waals surface area contributed by atoms with Gasteiger partial charge in [0.15, 0.2) is 5.78 Å². The van der Waals surface area contributed by atoms with Gasteiger partial charge in [0.1, 0.15) is 6.04 Å². The summed E-state index contributed by atoms with van der Waals surface area (Å²) in [5, 5.41) is 2.62. The summed E-state index contributed by atoms with van der Waals surface area (Å²) in [6, 6.07) is 5.11. The molecule has 2 rings (SSSR count). The van der Waals surface area contributed by atoms with Crippen LogP contribution in [0.5, 0.6) is 0 Å². The van der Waals surface area contributed by atoms with Gasteiger partial charge in [0.2, 0.25) is 15.9 Å². The Morgan fingerprint density at radius 3 is 2.75 bits per heavy atom. The molecule has 1 fully saturated rings. The number of sulfonamides is 1. The van der Waals surface area contributed by atoms with Crippen molar-refractivity contribution in [2.24, 2.45) is 0 Å². The summed E-state index contributed by atoms with van der Waals surface area (Å²) < 4.78 is 26.3. The van der Waals surface area contributed by atoms with Gasteiger partial charge in [-0.05, 0) is 26.0 Å². The number of Topliss-reactive ketones (excluding diaryl/α,β-unsaturated/α-hetero) is 1. The lowest BCUT2D eigenvalue weighted by Gasteiger charge is -2.31. The molecule has 1 unspecified atom stereocenters. The normalized spacial score (nSPS) is 20.5. The molecular formula is C13H16N2O4S. The van der Waals surface area contributed by atoms with Crippen LogP contribution in [0.4, 0.5) is 0 Å². The number of ketones is 1. The van der Waals surface area contributed by atoms with Gasteiger partial charge in [-0.15, -0.1) is 0 Å². The number of hydrogen-bond acceptors (Lipinski definition) is 4. The zero-order valence-electron chi connectivity index (χ0n) is 11.3. The van der Waals surface area contributed by atoms with E-state index in [-0.39, 0.29) is 29.7 Å². The molecule has 0 radical (unpaired) electrons. The third-order valence-electron chi connectivity index (χ3n) is 3.29. The van der Waals surface area contributed by atoms with Crippen LogP contribution < -0.4 is 5.32 Å². The first kappa shape index (κ1) is 14.7. The Balaban J connectivity index is 2.42. The number of benzene rings is 1. The van der Waals surface area contributed by atoms with Crippen molar-refractivity contribution in [3.05, 3.63) is 29.8 Å². The van der Waals surface area contributed by atoms with Crippen LogP contribution in [0.3, 0.4) is 0 Å². The number of rotatable bonds is 3. The largest absolute Gasteiger partial charge is 0.353 e. The molecule has 0 spiro atoms. The summed E-state index contributed by atoms with van der Waals surface area (Å²) in [5.74, 6) is -0.519. The summed E-state index contributed by atoms with van der Waals surface area (Å²) in [6.45, 7) is 3.43. The molecule has 108 valence electrons. The Hall–Kier alpha value is -1.73. The highest BCUT2D eigenvalue weighted by Gasteiger charge is 2.35. The van der Waals surface area contributed by atoms with Crippen LogP contribution >= 0.6 is 0 Å². The van der Waals surface area contributed by atoms with Gasteiger partial charge in [-0.1, -0.05) is 12.1 Å². The Morgan fingerprint density at radius 1 is 1.40 bits per heavy atom. The zero-order chi connectivity index (χ0) is 14.9. The van der Waals surface area contributed by atoms with Crippen molar-refractivity contribution < 1.29 is 18.0 Å². The van der Waals surface area contributed by atoms with Crippen molar-refractivity contribution in [3.63, 3.8) is 0 Å². The van der Waals surface area contributed by atoms with Crippen LogP contribution in [-0.4, -0.2) is 43.5 Å². The van der Waals surface area contributed by atoms with Crippen molar-refractivity contribution in [2.45, 2.75) is 24.8 Å². The molecule has 0 aromatic heterocycles. The number of hydrogen-bond donors (Lipinski definition) is 1. The number of nitrogens with one attached hydrogen (secondary N) is 1. The fourth-order valence-electron chi connectivity index (χ4n) is 2.10. The summed E-state index contributed by atoms with van der Waals surface area (Å²) in [6.07, 6.45) is 0. The van der Waals surface area contributed by atoms with Gasteiger partial charge >= 0.3 is 0 Å². The van der Waals surface area contributed by atoms with E-state index in [1.165, 1.54) is 25.1 Å². The second-order valence-corrected chi connectivity index (χ2v) is 6.56. The average Bonchev–Trinajstić information content (AvgIpc) is 2.41. The van der Waals surface area contributed by atoms with Crippen LogP contribution in [0.15, 0.2) is 29.2 Å². The lowest BCUT2D eigenvalue weighted by molar-refractivity contribution is -0.126. The van der Waals surface area contributed by atoms with Crippen molar-refractivity contribution in [3.8, 4) is 0 Å². The molecule has 1 N–H and O–H groups in total. The van der Waals surface area contributed by atoms with E-state index >= 15 is 0 Å². The number of carbonyl (C=O) groups is 2. The van der Waals surface area contributed by atoms with Gasteiger partial charge < -0.3 is 5.32 Å². The third kappa shape index (κ3) is 2.59. The first-order valence-electron chi connectivity index (χ1n) is 6.24. The van der Waals surface area contributed by atoms with Gasteiger partial charge in [-0.25, -0.2) is 8.42 Å². The van der Waals surface area contributed by atoms with E-state index in [4.69, 9.17) is 0 Å². The van der Waals surface area contributed by atoms with Crippen molar-refractivity contribution in [2.75, 3.05) is 13.1 Å². The SMILES string of the molecule is CC(=O)c1cccc(S(=O)(=O)N2CCNC(=O)C2C)c1. The fraction of sp³-hybridized carbons (Fsp3) is 0.385. The average molecular weight is 296 g/mol. The molecule has 1 aliphatic heterocycles. The molecule has 0 bridgehead atoms. The molecule has 20 heavy (non-hydrogen) atoms. The van der Waals surface area contributed by atoms with Crippen LogP contribution in [0.25, 0.3) is 0 Å². The van der Waals surface area contributed by atoms with Gasteiger partial charge in [0.05, 0.1) is 4.90 Å². The summed E-state index contributed by atoms with van der Waals surface area (Å²) in [5.41, 5.74) is 0.334. The van der Waals surface area contributed by atoms with Crippen LogP contribution in [0, 0.1) is 0 Å². The molecule has 1 amide bonds. The second-order valence-electron chi connectivity index (χ2n) is 4.67. The topological polar surface area (TPSA) is 83.6 Å². The minimum Gasteiger partial charge on any atom is -0.353 e. The second kappa shape index (κ2) is 5.34. The molecule has 1 aliphatic rings. The van der Waals surface area contributed by atoms with Crippen LogP contribution in [0.2, 0.25) is 0 Å². The standard InChI is InChI=1S/C13H16N2O4S/c1-9-13(17)14-6-7-15(9)20(18,19)12-5-3-4-11(8-12)10(2)16/h3-5,8-9H,6-7H2,1-2H3,(H,14,17). The molecule has 0 saturated carbocycles. The number of piperazine rings is 1. The van der Waals surface area contributed by atoms with Gasteiger partial charge in [0.25, 0.3) is 0 Å². The number of carbonyl (C=O) groups excluding carboxylic acids is 2. The van der Waals surface area contributed by atoms with E-state index in [2.05, 4.69) is 5.32 Å². The Kier molecular flexibility index (Phi) is 3.92. The maximum absolute atomic E-state index is 12.6. The van der Waals surface area contributed by atoms with Crippen LogP contribution in [0.1, 0.15) is 24.2 Å². The van der Waals surface area contributed by atoms with Crippen molar-refractivity contribution in [1.82, 2.24) is 9.62 Å². The Labute approximate surface area is 117 Å². The number of nitrogens with zero attached hydrogens (tertiary/aromatic N) is 1. The first-order valence-corrected chi connectivity index (χ1v) is 7.68. The predicted molar refractivity (Wildman–Crippen MR) is 72.8 cm³/mol. The Bertz CT molecular complexity index is 654. The van der Waals surface area contributed by atoms with E-state index in [1.54, 1.807) is 13.0 Å². The maximum atomic E-state index is 12.6. The molecule has 1 heterocycles. The highest BCUT2D eigenvalue weighted by Crippen LogP contribution is 2.20. The predicted octanol–water partition coefficient (Wildman–Crippen LogP) is 0.398. The van der Waals surface area contributed by atoms with E-state index in [9.17, 15) is 18.0 Å². The highest BCUT2D eigenvalue weighted by molar-refractivity contribution is 7.89. The van der Waals surface area contributed by atoms with Crippen molar-refractivity contribution >= 4 is 21.7 Å². The summed E-state index contributed by atoms with van der Waals surface area (Å²) in [4.78, 5) is 23.0. The lowest BCUT2D eigenvalue weighted by atomic mass is 10.2.